The number of halogens is 1. The van der Waals surface area contributed by atoms with Gasteiger partial charge in [-0.3, -0.25) is 4.79 Å². The van der Waals surface area contributed by atoms with E-state index in [0.29, 0.717) is 23.7 Å². The summed E-state index contributed by atoms with van der Waals surface area (Å²) in [6.45, 7) is 3.31. The van der Waals surface area contributed by atoms with E-state index in [0.717, 1.165) is 12.0 Å². The van der Waals surface area contributed by atoms with E-state index in [1.165, 1.54) is 12.5 Å². The molecule has 1 amide bonds. The van der Waals surface area contributed by atoms with Gasteiger partial charge in [0.25, 0.3) is 5.91 Å². The van der Waals surface area contributed by atoms with E-state index in [9.17, 15) is 4.79 Å². The molecule has 1 aromatic heterocycles. The molecular formula is C15H16ClNO2. The summed E-state index contributed by atoms with van der Waals surface area (Å²) < 4.78 is 4.96. The van der Waals surface area contributed by atoms with Crippen LogP contribution in [-0.4, -0.2) is 17.4 Å². The normalized spacial score (nSPS) is 10.4. The predicted octanol–water partition coefficient (Wildman–Crippen LogP) is 3.99. The number of hydrogen-bond donors (Lipinski definition) is 0. The Morgan fingerprint density at radius 1 is 1.37 bits per heavy atom. The highest BCUT2D eigenvalue weighted by Gasteiger charge is 2.16. The molecule has 2 aromatic rings. The minimum Gasteiger partial charge on any atom is -0.472 e. The van der Waals surface area contributed by atoms with Gasteiger partial charge in [0, 0.05) is 18.1 Å². The average Bonchev–Trinajstić information content (AvgIpc) is 2.91. The van der Waals surface area contributed by atoms with Crippen LogP contribution < -0.4 is 0 Å². The van der Waals surface area contributed by atoms with E-state index < -0.39 is 0 Å². The van der Waals surface area contributed by atoms with Gasteiger partial charge < -0.3 is 9.32 Å². The van der Waals surface area contributed by atoms with Crippen LogP contribution in [0.1, 0.15) is 29.3 Å². The second kappa shape index (κ2) is 6.43. The van der Waals surface area contributed by atoms with Gasteiger partial charge >= 0.3 is 0 Å². The van der Waals surface area contributed by atoms with Crippen molar-refractivity contribution in [2.24, 2.45) is 0 Å². The van der Waals surface area contributed by atoms with E-state index in [4.69, 9.17) is 16.0 Å². The van der Waals surface area contributed by atoms with Crippen molar-refractivity contribution in [2.45, 2.75) is 19.9 Å². The lowest BCUT2D eigenvalue weighted by Crippen LogP contribution is -2.31. The van der Waals surface area contributed by atoms with Gasteiger partial charge in [-0.05, 0) is 30.2 Å². The SMILES string of the molecule is CCCN(Cc1cccc(Cl)c1)C(=O)c1ccoc1. The highest BCUT2D eigenvalue weighted by atomic mass is 35.5. The van der Waals surface area contributed by atoms with Crippen molar-refractivity contribution in [1.29, 1.82) is 0 Å². The maximum Gasteiger partial charge on any atom is 0.257 e. The van der Waals surface area contributed by atoms with Crippen LogP contribution in [0.4, 0.5) is 0 Å². The summed E-state index contributed by atoms with van der Waals surface area (Å²) in [4.78, 5) is 14.1. The highest BCUT2D eigenvalue weighted by molar-refractivity contribution is 6.30. The second-order valence-corrected chi connectivity index (χ2v) is 4.81. The molecule has 1 aromatic carbocycles. The van der Waals surface area contributed by atoms with Gasteiger partial charge in [0.1, 0.15) is 6.26 Å². The Balaban J connectivity index is 2.14. The number of nitrogens with zero attached hydrogens (tertiary/aromatic N) is 1. The van der Waals surface area contributed by atoms with E-state index in [2.05, 4.69) is 0 Å². The van der Waals surface area contributed by atoms with Crippen LogP contribution in [0.2, 0.25) is 5.02 Å². The Kier molecular flexibility index (Phi) is 4.63. The molecule has 0 aliphatic carbocycles. The second-order valence-electron chi connectivity index (χ2n) is 4.37. The van der Waals surface area contributed by atoms with Crippen LogP contribution in [-0.2, 0) is 6.54 Å². The molecule has 0 saturated carbocycles. The summed E-state index contributed by atoms with van der Waals surface area (Å²) >= 11 is 5.97. The van der Waals surface area contributed by atoms with Gasteiger partial charge in [0.2, 0.25) is 0 Å². The largest absolute Gasteiger partial charge is 0.472 e. The van der Waals surface area contributed by atoms with E-state index in [1.54, 1.807) is 11.0 Å². The average molecular weight is 278 g/mol. The number of carbonyl (C=O) groups excluding carboxylic acids is 1. The van der Waals surface area contributed by atoms with Gasteiger partial charge in [-0.25, -0.2) is 0 Å². The molecule has 1 heterocycles. The highest BCUT2D eigenvalue weighted by Crippen LogP contribution is 2.15. The molecule has 0 radical (unpaired) electrons. The molecule has 3 nitrogen and oxygen atoms in total. The number of furan rings is 1. The minimum absolute atomic E-state index is 0.0180. The summed E-state index contributed by atoms with van der Waals surface area (Å²) in [6.07, 6.45) is 3.89. The molecule has 0 bridgehead atoms. The topological polar surface area (TPSA) is 33.5 Å². The van der Waals surface area contributed by atoms with Crippen molar-refractivity contribution < 1.29 is 9.21 Å². The summed E-state index contributed by atoms with van der Waals surface area (Å²) in [5, 5.41) is 0.685. The predicted molar refractivity (Wildman–Crippen MR) is 75.2 cm³/mol. The van der Waals surface area contributed by atoms with Crippen molar-refractivity contribution in [3.8, 4) is 0 Å². The number of hydrogen-bond acceptors (Lipinski definition) is 2. The molecule has 100 valence electrons. The molecule has 0 unspecified atom stereocenters. The first-order valence-electron chi connectivity index (χ1n) is 6.26. The fraction of sp³-hybridized carbons (Fsp3) is 0.267. The lowest BCUT2D eigenvalue weighted by molar-refractivity contribution is 0.0742. The van der Waals surface area contributed by atoms with Gasteiger partial charge in [-0.2, -0.15) is 0 Å². The standard InChI is InChI=1S/C15H16ClNO2/c1-2-7-17(15(18)13-6-8-19-11-13)10-12-4-3-5-14(16)9-12/h3-6,8-9,11H,2,7,10H2,1H3. The van der Waals surface area contributed by atoms with Gasteiger partial charge in [0.05, 0.1) is 11.8 Å². The Bertz CT molecular complexity index is 537. The zero-order valence-electron chi connectivity index (χ0n) is 10.8. The maximum atomic E-state index is 12.3. The Morgan fingerprint density at radius 2 is 2.21 bits per heavy atom. The molecule has 0 aliphatic heterocycles. The number of benzene rings is 1. The van der Waals surface area contributed by atoms with Crippen LogP contribution >= 0.6 is 11.6 Å². The van der Waals surface area contributed by atoms with Crippen molar-refractivity contribution in [3.63, 3.8) is 0 Å². The van der Waals surface area contributed by atoms with E-state index >= 15 is 0 Å². The fourth-order valence-electron chi connectivity index (χ4n) is 1.95. The summed E-state index contributed by atoms with van der Waals surface area (Å²) in [5.74, 6) is -0.0180. The molecule has 0 spiro atoms. The summed E-state index contributed by atoms with van der Waals surface area (Å²) in [6, 6.07) is 9.25. The third-order valence-electron chi connectivity index (χ3n) is 2.81. The van der Waals surface area contributed by atoms with Gasteiger partial charge in [-0.1, -0.05) is 30.7 Å². The molecule has 0 aliphatic rings. The Hall–Kier alpha value is -1.74. The minimum atomic E-state index is -0.0180. The molecule has 2 rings (SSSR count). The molecular weight excluding hydrogens is 262 g/mol. The van der Waals surface area contributed by atoms with Crippen molar-refractivity contribution >= 4 is 17.5 Å². The van der Waals surface area contributed by atoms with Crippen molar-refractivity contribution in [1.82, 2.24) is 4.90 Å². The quantitative estimate of drug-likeness (QED) is 0.828. The molecule has 0 saturated heterocycles. The lowest BCUT2D eigenvalue weighted by atomic mass is 10.2. The first-order chi connectivity index (χ1) is 9.20. The van der Waals surface area contributed by atoms with Crippen LogP contribution in [0, 0.1) is 0 Å². The maximum absolute atomic E-state index is 12.3. The fourth-order valence-corrected chi connectivity index (χ4v) is 2.16. The third kappa shape index (κ3) is 3.61. The first kappa shape index (κ1) is 13.7. The van der Waals surface area contributed by atoms with Crippen LogP contribution in [0.25, 0.3) is 0 Å². The monoisotopic (exact) mass is 277 g/mol. The smallest absolute Gasteiger partial charge is 0.257 e. The van der Waals surface area contributed by atoms with Gasteiger partial charge in [0.15, 0.2) is 0 Å². The summed E-state index contributed by atoms with van der Waals surface area (Å²) in [5.41, 5.74) is 1.60. The summed E-state index contributed by atoms with van der Waals surface area (Å²) in [7, 11) is 0. The Morgan fingerprint density at radius 3 is 2.84 bits per heavy atom. The number of rotatable bonds is 5. The van der Waals surface area contributed by atoms with E-state index in [-0.39, 0.29) is 5.91 Å². The zero-order valence-corrected chi connectivity index (χ0v) is 11.6. The number of carbonyl (C=O) groups is 1. The molecule has 4 heteroatoms. The Labute approximate surface area is 117 Å². The number of amides is 1. The van der Waals surface area contributed by atoms with Crippen molar-refractivity contribution in [2.75, 3.05) is 6.54 Å². The third-order valence-corrected chi connectivity index (χ3v) is 3.05. The lowest BCUT2D eigenvalue weighted by Gasteiger charge is -2.21. The van der Waals surface area contributed by atoms with Crippen LogP contribution in [0.3, 0.4) is 0 Å². The van der Waals surface area contributed by atoms with Crippen LogP contribution in [0.5, 0.6) is 0 Å². The molecule has 19 heavy (non-hydrogen) atoms. The van der Waals surface area contributed by atoms with Crippen LogP contribution in [0.15, 0.2) is 47.3 Å². The van der Waals surface area contributed by atoms with Gasteiger partial charge in [-0.15, -0.1) is 0 Å². The first-order valence-corrected chi connectivity index (χ1v) is 6.64. The van der Waals surface area contributed by atoms with E-state index in [1.807, 2.05) is 31.2 Å². The molecule has 0 N–H and O–H groups in total. The molecule has 0 fully saturated rings. The zero-order chi connectivity index (χ0) is 13.7. The van der Waals surface area contributed by atoms with Crippen molar-refractivity contribution in [3.05, 3.63) is 59.0 Å². The molecule has 0 atom stereocenters.